The standard InChI is InChI=1S/C24H25F3N2O5S/c1-2-13-29(20-11-6-8-18(15-20)24(25,26)27)35(32,33)21-12-5-7-17(14-21)23(31)34-16-22(30)28-19-9-3-4-10-19/h2,5-8,11-12,14-15,19H,1,3-4,9-10,13,16H2,(H,28,30). The van der Waals surface area contributed by atoms with E-state index in [0.29, 0.717) is 0 Å². The van der Waals surface area contributed by atoms with E-state index in [1.807, 2.05) is 0 Å². The van der Waals surface area contributed by atoms with E-state index in [-0.39, 0.29) is 28.7 Å². The Morgan fingerprint density at radius 2 is 1.80 bits per heavy atom. The van der Waals surface area contributed by atoms with Gasteiger partial charge in [-0.2, -0.15) is 13.2 Å². The van der Waals surface area contributed by atoms with Crippen LogP contribution in [-0.2, 0) is 25.7 Å². The summed E-state index contributed by atoms with van der Waals surface area (Å²) in [6.07, 6.45) is 0.357. The van der Waals surface area contributed by atoms with Gasteiger partial charge in [-0.15, -0.1) is 6.58 Å². The fraction of sp³-hybridized carbons (Fsp3) is 0.333. The van der Waals surface area contributed by atoms with E-state index in [0.717, 1.165) is 54.3 Å². The predicted octanol–water partition coefficient (Wildman–Crippen LogP) is 4.30. The van der Waals surface area contributed by atoms with Crippen LogP contribution in [0, 0.1) is 0 Å². The summed E-state index contributed by atoms with van der Waals surface area (Å²) in [5, 5.41) is 2.78. The summed E-state index contributed by atoms with van der Waals surface area (Å²) in [5.41, 5.74) is -1.34. The Morgan fingerprint density at radius 3 is 2.46 bits per heavy atom. The smallest absolute Gasteiger partial charge is 0.416 e. The molecule has 0 spiro atoms. The number of halogens is 3. The van der Waals surface area contributed by atoms with Crippen molar-refractivity contribution >= 4 is 27.6 Å². The van der Waals surface area contributed by atoms with Gasteiger partial charge in [0, 0.05) is 6.04 Å². The maximum absolute atomic E-state index is 13.3. The molecule has 0 aromatic heterocycles. The summed E-state index contributed by atoms with van der Waals surface area (Å²) in [6.45, 7) is 2.67. The van der Waals surface area contributed by atoms with Crippen molar-refractivity contribution in [1.29, 1.82) is 0 Å². The lowest BCUT2D eigenvalue weighted by Crippen LogP contribution is -2.36. The Kier molecular flexibility index (Phi) is 8.21. The zero-order valence-corrected chi connectivity index (χ0v) is 19.6. The summed E-state index contributed by atoms with van der Waals surface area (Å²) in [5.74, 6) is -1.35. The SMILES string of the molecule is C=CCN(c1cccc(C(F)(F)F)c1)S(=O)(=O)c1cccc(C(=O)OCC(=O)NC2CCCC2)c1. The second kappa shape index (κ2) is 10.9. The first kappa shape index (κ1) is 26.3. The minimum absolute atomic E-state index is 0.0568. The molecule has 0 saturated heterocycles. The maximum atomic E-state index is 13.3. The molecule has 7 nitrogen and oxygen atoms in total. The number of hydrogen-bond donors (Lipinski definition) is 1. The number of amides is 1. The van der Waals surface area contributed by atoms with E-state index in [9.17, 15) is 31.2 Å². The fourth-order valence-electron chi connectivity index (χ4n) is 3.76. The van der Waals surface area contributed by atoms with Crippen molar-refractivity contribution in [2.45, 2.75) is 42.8 Å². The summed E-state index contributed by atoms with van der Waals surface area (Å²) >= 11 is 0. The molecule has 1 aliphatic carbocycles. The molecule has 0 bridgehead atoms. The number of benzene rings is 2. The number of rotatable bonds is 9. The Morgan fingerprint density at radius 1 is 1.11 bits per heavy atom. The molecule has 1 fully saturated rings. The molecule has 1 amide bonds. The lowest BCUT2D eigenvalue weighted by atomic mass is 10.2. The monoisotopic (exact) mass is 510 g/mol. The molecule has 1 saturated carbocycles. The average Bonchev–Trinajstić information content (AvgIpc) is 3.33. The molecule has 35 heavy (non-hydrogen) atoms. The lowest BCUT2D eigenvalue weighted by Gasteiger charge is -2.24. The van der Waals surface area contributed by atoms with Gasteiger partial charge in [-0.05, 0) is 49.2 Å². The van der Waals surface area contributed by atoms with Crippen LogP contribution < -0.4 is 9.62 Å². The van der Waals surface area contributed by atoms with Crippen molar-refractivity contribution in [3.05, 3.63) is 72.3 Å². The highest BCUT2D eigenvalue weighted by Crippen LogP contribution is 2.33. The van der Waals surface area contributed by atoms with Crippen molar-refractivity contribution in [2.24, 2.45) is 0 Å². The number of anilines is 1. The molecule has 0 unspecified atom stereocenters. The molecule has 3 rings (SSSR count). The van der Waals surface area contributed by atoms with E-state index in [1.165, 1.54) is 30.3 Å². The number of nitrogens with one attached hydrogen (secondary N) is 1. The summed E-state index contributed by atoms with van der Waals surface area (Å²) in [6, 6.07) is 8.84. The number of ether oxygens (including phenoxy) is 1. The van der Waals surface area contributed by atoms with Crippen LogP contribution in [0.3, 0.4) is 0 Å². The molecular weight excluding hydrogens is 485 g/mol. The van der Waals surface area contributed by atoms with Crippen LogP contribution in [0.4, 0.5) is 18.9 Å². The minimum Gasteiger partial charge on any atom is -0.452 e. The van der Waals surface area contributed by atoms with Crippen molar-refractivity contribution in [2.75, 3.05) is 17.5 Å². The Labute approximate surface area is 201 Å². The van der Waals surface area contributed by atoms with Crippen LogP contribution in [0.1, 0.15) is 41.6 Å². The van der Waals surface area contributed by atoms with Crippen LogP contribution in [0.15, 0.2) is 66.1 Å². The molecule has 11 heteroatoms. The Hall–Kier alpha value is -3.34. The van der Waals surface area contributed by atoms with Gasteiger partial charge in [-0.25, -0.2) is 13.2 Å². The topological polar surface area (TPSA) is 92.8 Å². The number of carbonyl (C=O) groups excluding carboxylic acids is 2. The van der Waals surface area contributed by atoms with Crippen LogP contribution in [0.25, 0.3) is 0 Å². The first-order valence-corrected chi connectivity index (χ1v) is 12.3. The Bertz CT molecular complexity index is 1190. The third-order valence-corrected chi connectivity index (χ3v) is 7.26. The van der Waals surface area contributed by atoms with Gasteiger partial charge in [0.1, 0.15) is 0 Å². The quantitative estimate of drug-likeness (QED) is 0.401. The van der Waals surface area contributed by atoms with Gasteiger partial charge >= 0.3 is 12.1 Å². The highest BCUT2D eigenvalue weighted by molar-refractivity contribution is 7.92. The van der Waals surface area contributed by atoms with Crippen LogP contribution in [-0.4, -0.2) is 39.5 Å². The highest BCUT2D eigenvalue weighted by Gasteiger charge is 2.32. The van der Waals surface area contributed by atoms with Gasteiger partial charge in [0.05, 0.1) is 28.3 Å². The summed E-state index contributed by atoms with van der Waals surface area (Å²) < 4.78 is 71.8. The van der Waals surface area contributed by atoms with Crippen molar-refractivity contribution in [3.8, 4) is 0 Å². The molecule has 0 heterocycles. The zero-order chi connectivity index (χ0) is 25.6. The van der Waals surface area contributed by atoms with Gasteiger partial charge < -0.3 is 10.1 Å². The molecular formula is C24H25F3N2O5S. The zero-order valence-electron chi connectivity index (χ0n) is 18.8. The summed E-state index contributed by atoms with van der Waals surface area (Å²) in [7, 11) is -4.37. The summed E-state index contributed by atoms with van der Waals surface area (Å²) in [4.78, 5) is 24.1. The number of hydrogen-bond acceptors (Lipinski definition) is 5. The van der Waals surface area contributed by atoms with Crippen molar-refractivity contribution in [3.63, 3.8) is 0 Å². The van der Waals surface area contributed by atoms with Gasteiger partial charge in [-0.1, -0.05) is 31.1 Å². The maximum Gasteiger partial charge on any atom is 0.416 e. The fourth-order valence-corrected chi connectivity index (χ4v) is 5.24. The van der Waals surface area contributed by atoms with Gasteiger partial charge in [-0.3, -0.25) is 9.10 Å². The average molecular weight is 511 g/mol. The minimum atomic E-state index is -4.66. The molecule has 1 N–H and O–H groups in total. The van der Waals surface area contributed by atoms with E-state index in [1.54, 1.807) is 0 Å². The molecule has 0 aliphatic heterocycles. The molecule has 0 radical (unpaired) electrons. The predicted molar refractivity (Wildman–Crippen MR) is 123 cm³/mol. The highest BCUT2D eigenvalue weighted by atomic mass is 32.2. The van der Waals surface area contributed by atoms with E-state index in [4.69, 9.17) is 4.74 Å². The second-order valence-electron chi connectivity index (χ2n) is 8.03. The number of esters is 1. The number of alkyl halides is 3. The van der Waals surface area contributed by atoms with E-state index >= 15 is 0 Å². The first-order chi connectivity index (χ1) is 16.5. The van der Waals surface area contributed by atoms with Crippen molar-refractivity contribution in [1.82, 2.24) is 5.32 Å². The van der Waals surface area contributed by atoms with E-state index < -0.39 is 40.2 Å². The second-order valence-corrected chi connectivity index (χ2v) is 9.89. The molecule has 2 aromatic rings. The largest absolute Gasteiger partial charge is 0.452 e. The van der Waals surface area contributed by atoms with Crippen LogP contribution >= 0.6 is 0 Å². The Balaban J connectivity index is 1.79. The van der Waals surface area contributed by atoms with Gasteiger partial charge in [0.15, 0.2) is 6.61 Å². The molecule has 188 valence electrons. The third kappa shape index (κ3) is 6.62. The van der Waals surface area contributed by atoms with Gasteiger partial charge in [0.25, 0.3) is 15.9 Å². The van der Waals surface area contributed by atoms with Crippen LogP contribution in [0.5, 0.6) is 0 Å². The number of nitrogens with zero attached hydrogens (tertiary/aromatic N) is 1. The molecule has 0 atom stereocenters. The lowest BCUT2D eigenvalue weighted by molar-refractivity contribution is -0.137. The van der Waals surface area contributed by atoms with Crippen LogP contribution in [0.2, 0.25) is 0 Å². The first-order valence-electron chi connectivity index (χ1n) is 10.9. The molecule has 1 aliphatic rings. The normalized spacial score (nSPS) is 14.4. The van der Waals surface area contributed by atoms with E-state index in [2.05, 4.69) is 11.9 Å². The third-order valence-electron chi connectivity index (χ3n) is 5.47. The number of carbonyl (C=O) groups is 2. The molecule has 2 aromatic carbocycles. The van der Waals surface area contributed by atoms with Crippen molar-refractivity contribution < 1.29 is 35.9 Å². The number of sulfonamides is 1. The van der Waals surface area contributed by atoms with Gasteiger partial charge in [0.2, 0.25) is 0 Å².